The van der Waals surface area contributed by atoms with Crippen molar-refractivity contribution in [1.29, 1.82) is 0 Å². The molecule has 1 amide bonds. The lowest BCUT2D eigenvalue weighted by atomic mass is 10.1. The summed E-state index contributed by atoms with van der Waals surface area (Å²) in [5.74, 6) is 0.583. The number of carbonyl (C=O) groups is 1. The molecule has 2 heterocycles. The van der Waals surface area contributed by atoms with Crippen LogP contribution >= 0.6 is 11.8 Å². The van der Waals surface area contributed by atoms with E-state index in [0.29, 0.717) is 9.95 Å². The number of hydrogen-bond donors (Lipinski definition) is 1. The van der Waals surface area contributed by atoms with Crippen molar-refractivity contribution in [3.05, 3.63) is 47.4 Å². The minimum atomic E-state index is -0.247. The lowest BCUT2D eigenvalue weighted by Gasteiger charge is -2.04. The number of amides is 1. The zero-order valence-electron chi connectivity index (χ0n) is 10.3. The number of thioether (sulfide) groups is 1. The van der Waals surface area contributed by atoms with Gasteiger partial charge in [0.1, 0.15) is 10.9 Å². The molecule has 1 aliphatic heterocycles. The van der Waals surface area contributed by atoms with Crippen molar-refractivity contribution in [2.75, 3.05) is 12.4 Å². The molecule has 4 nitrogen and oxygen atoms in total. The maximum Gasteiger partial charge on any atom is 0.284 e. The molecule has 0 fully saturated rings. The predicted molar refractivity (Wildman–Crippen MR) is 79.6 cm³/mol. The fourth-order valence-electron chi connectivity index (χ4n) is 1.86. The maximum atomic E-state index is 11.4. The van der Waals surface area contributed by atoms with E-state index in [-0.39, 0.29) is 5.91 Å². The smallest absolute Gasteiger partial charge is 0.284 e. The molecule has 2 aromatic rings. The van der Waals surface area contributed by atoms with Gasteiger partial charge in [0, 0.05) is 18.0 Å². The molecule has 0 bridgehead atoms. The Kier molecular flexibility index (Phi) is 2.83. The van der Waals surface area contributed by atoms with Gasteiger partial charge in [-0.3, -0.25) is 4.79 Å². The van der Waals surface area contributed by atoms with Crippen LogP contribution in [0.25, 0.3) is 10.9 Å². The molecule has 1 aliphatic rings. The van der Waals surface area contributed by atoms with Crippen LogP contribution in [0.4, 0.5) is 5.82 Å². The first-order chi connectivity index (χ1) is 9.17. The first-order valence-corrected chi connectivity index (χ1v) is 6.58. The normalized spacial score (nSPS) is 14.9. The van der Waals surface area contributed by atoms with Gasteiger partial charge in [-0.25, -0.2) is 9.98 Å². The zero-order chi connectivity index (χ0) is 13.4. The molecule has 0 unspecified atom stereocenters. The second kappa shape index (κ2) is 4.51. The van der Waals surface area contributed by atoms with Crippen LogP contribution in [0.2, 0.25) is 0 Å². The average molecular weight is 269 g/mol. The summed E-state index contributed by atoms with van der Waals surface area (Å²) >= 11 is 1.32. The summed E-state index contributed by atoms with van der Waals surface area (Å²) in [5.41, 5.74) is 1.83. The Labute approximate surface area is 114 Å². The Morgan fingerprint density at radius 1 is 1.26 bits per heavy atom. The summed E-state index contributed by atoms with van der Waals surface area (Å²) < 4.78 is 0. The molecule has 0 spiro atoms. The van der Waals surface area contributed by atoms with Gasteiger partial charge in [0.2, 0.25) is 0 Å². The van der Waals surface area contributed by atoms with Crippen LogP contribution in [0.3, 0.4) is 0 Å². The molecular formula is C14H11N3OS. The molecule has 1 aromatic carbocycles. The minimum absolute atomic E-state index is 0.247. The largest absolute Gasteiger partial charge is 0.373 e. The van der Waals surface area contributed by atoms with E-state index in [2.05, 4.69) is 21.9 Å². The van der Waals surface area contributed by atoms with Crippen LogP contribution in [0.5, 0.6) is 0 Å². The highest BCUT2D eigenvalue weighted by molar-refractivity contribution is 8.19. The molecule has 0 radical (unpaired) electrons. The monoisotopic (exact) mass is 269 g/mol. The van der Waals surface area contributed by atoms with Crippen molar-refractivity contribution in [3.8, 4) is 0 Å². The quantitative estimate of drug-likeness (QED) is 0.852. The number of nitrogens with one attached hydrogen (secondary N) is 1. The van der Waals surface area contributed by atoms with Gasteiger partial charge < -0.3 is 5.32 Å². The molecule has 0 aliphatic carbocycles. The molecule has 0 saturated carbocycles. The molecule has 0 saturated heterocycles. The molecule has 1 N–H and O–H groups in total. The van der Waals surface area contributed by atoms with Crippen molar-refractivity contribution in [3.63, 3.8) is 0 Å². The van der Waals surface area contributed by atoms with Crippen LogP contribution in [0, 0.1) is 0 Å². The molecule has 19 heavy (non-hydrogen) atoms. The number of rotatable bonds is 2. The number of nitrogens with zero attached hydrogens (tertiary/aromatic N) is 2. The van der Waals surface area contributed by atoms with E-state index in [1.807, 2.05) is 37.4 Å². The highest BCUT2D eigenvalue weighted by Crippen LogP contribution is 2.29. The highest BCUT2D eigenvalue weighted by Gasteiger charge is 2.20. The van der Waals surface area contributed by atoms with Crippen molar-refractivity contribution in [2.45, 2.75) is 0 Å². The first kappa shape index (κ1) is 11.9. The SMILES string of the molecule is C=C1SC(c2ccc3nc(NC)ccc3c2)=NC1=O. The third-order valence-corrected chi connectivity index (χ3v) is 3.80. The van der Waals surface area contributed by atoms with Crippen LogP contribution in [0.15, 0.2) is 46.8 Å². The van der Waals surface area contributed by atoms with E-state index < -0.39 is 0 Å². The second-order valence-electron chi connectivity index (χ2n) is 4.10. The maximum absolute atomic E-state index is 11.4. The number of benzene rings is 1. The fraction of sp³-hybridized carbons (Fsp3) is 0.0714. The second-order valence-corrected chi connectivity index (χ2v) is 5.18. The summed E-state index contributed by atoms with van der Waals surface area (Å²) in [6, 6.07) is 9.75. The average Bonchev–Trinajstić information content (AvgIpc) is 2.77. The number of aliphatic imine (C=N–C) groups is 1. The summed E-state index contributed by atoms with van der Waals surface area (Å²) in [4.78, 5) is 20.3. The van der Waals surface area contributed by atoms with Gasteiger partial charge in [0.15, 0.2) is 0 Å². The Balaban J connectivity index is 2.05. The molecular weight excluding hydrogens is 258 g/mol. The Morgan fingerprint density at radius 2 is 2.11 bits per heavy atom. The predicted octanol–water partition coefficient (Wildman–Crippen LogP) is 2.81. The number of fused-ring (bicyclic) bond motifs is 1. The van der Waals surface area contributed by atoms with Crippen LogP contribution in [-0.2, 0) is 4.79 Å². The number of pyridine rings is 1. The van der Waals surface area contributed by atoms with Gasteiger partial charge in [-0.2, -0.15) is 0 Å². The summed E-state index contributed by atoms with van der Waals surface area (Å²) in [7, 11) is 1.84. The number of aromatic nitrogens is 1. The number of carbonyl (C=O) groups excluding carboxylic acids is 1. The summed E-state index contributed by atoms with van der Waals surface area (Å²) in [6.07, 6.45) is 0. The summed E-state index contributed by atoms with van der Waals surface area (Å²) in [6.45, 7) is 3.67. The lowest BCUT2D eigenvalue weighted by Crippen LogP contribution is -1.94. The van der Waals surface area contributed by atoms with Crippen LogP contribution in [0.1, 0.15) is 5.56 Å². The molecule has 94 valence electrons. The topological polar surface area (TPSA) is 54.4 Å². The van der Waals surface area contributed by atoms with Crippen molar-refractivity contribution < 1.29 is 4.79 Å². The Morgan fingerprint density at radius 3 is 2.79 bits per heavy atom. The van der Waals surface area contributed by atoms with E-state index in [0.717, 1.165) is 22.3 Å². The van der Waals surface area contributed by atoms with Crippen molar-refractivity contribution >= 4 is 39.4 Å². The molecule has 3 rings (SSSR count). The van der Waals surface area contributed by atoms with Crippen LogP contribution < -0.4 is 5.32 Å². The van der Waals surface area contributed by atoms with Gasteiger partial charge in [-0.05, 0) is 24.3 Å². The van der Waals surface area contributed by atoms with E-state index in [1.54, 1.807) is 0 Å². The minimum Gasteiger partial charge on any atom is -0.373 e. The van der Waals surface area contributed by atoms with E-state index in [1.165, 1.54) is 11.8 Å². The van der Waals surface area contributed by atoms with E-state index in [9.17, 15) is 4.79 Å². The third kappa shape index (κ3) is 2.13. The van der Waals surface area contributed by atoms with E-state index in [4.69, 9.17) is 0 Å². The molecule has 0 atom stereocenters. The van der Waals surface area contributed by atoms with Gasteiger partial charge in [-0.15, -0.1) is 0 Å². The first-order valence-electron chi connectivity index (χ1n) is 5.76. The van der Waals surface area contributed by atoms with Gasteiger partial charge >= 0.3 is 0 Å². The Hall–Kier alpha value is -2.14. The standard InChI is InChI=1S/C14H11N3OS/c1-8-13(18)17-14(19-8)10-3-5-11-9(7-10)4-6-12(15-2)16-11/h3-7H,1H2,2H3,(H,15,16). The van der Waals surface area contributed by atoms with Crippen molar-refractivity contribution in [1.82, 2.24) is 4.98 Å². The van der Waals surface area contributed by atoms with Crippen LogP contribution in [-0.4, -0.2) is 23.0 Å². The third-order valence-electron chi connectivity index (χ3n) is 2.85. The highest BCUT2D eigenvalue weighted by atomic mass is 32.2. The van der Waals surface area contributed by atoms with Gasteiger partial charge in [-0.1, -0.05) is 24.4 Å². The molecule has 5 heteroatoms. The molecule has 1 aromatic heterocycles. The van der Waals surface area contributed by atoms with Crippen molar-refractivity contribution in [2.24, 2.45) is 4.99 Å². The number of hydrogen-bond acceptors (Lipinski definition) is 4. The fourth-order valence-corrected chi connectivity index (χ4v) is 2.60. The zero-order valence-corrected chi connectivity index (χ0v) is 11.1. The van der Waals surface area contributed by atoms with Gasteiger partial charge in [0.25, 0.3) is 5.91 Å². The summed E-state index contributed by atoms with van der Waals surface area (Å²) in [5, 5.41) is 4.73. The van der Waals surface area contributed by atoms with E-state index >= 15 is 0 Å². The van der Waals surface area contributed by atoms with Gasteiger partial charge in [0.05, 0.1) is 10.4 Å². The number of anilines is 1. The Bertz CT molecular complexity index is 737. The lowest BCUT2D eigenvalue weighted by molar-refractivity contribution is -0.113.